The predicted molar refractivity (Wildman–Crippen MR) is 42.0 cm³/mol. The molecule has 0 N–H and O–H groups in total. The van der Waals surface area contributed by atoms with Crippen LogP contribution in [0.4, 0.5) is 0 Å². The highest BCUT2D eigenvalue weighted by atomic mass is 35.5. The third-order valence-corrected chi connectivity index (χ3v) is 2.68. The van der Waals surface area contributed by atoms with Gasteiger partial charge >= 0.3 is 0 Å². The summed E-state index contributed by atoms with van der Waals surface area (Å²) in [5.41, 5.74) is -0.248. The molecule has 2 heteroatoms. The minimum atomic E-state index is -0.248. The van der Waals surface area contributed by atoms with Crippen LogP contribution in [0.3, 0.4) is 0 Å². The molecule has 0 spiro atoms. The molecule has 10 heavy (non-hydrogen) atoms. The van der Waals surface area contributed by atoms with E-state index in [4.69, 9.17) is 11.6 Å². The van der Waals surface area contributed by atoms with Crippen LogP contribution in [0.15, 0.2) is 12.2 Å². The van der Waals surface area contributed by atoms with E-state index in [-0.39, 0.29) is 10.7 Å². The van der Waals surface area contributed by atoms with Crippen LogP contribution in [-0.2, 0) is 4.79 Å². The van der Waals surface area contributed by atoms with Gasteiger partial charge in [0.2, 0.25) is 5.24 Å². The number of allylic oxidation sites excluding steroid dienone is 2. The Bertz CT molecular complexity index is 164. The van der Waals surface area contributed by atoms with Gasteiger partial charge in [0.15, 0.2) is 0 Å². The zero-order chi connectivity index (χ0) is 7.61. The molecule has 0 aromatic heterocycles. The van der Waals surface area contributed by atoms with Gasteiger partial charge in [0, 0.05) is 0 Å². The highest BCUT2D eigenvalue weighted by molar-refractivity contribution is 6.64. The smallest absolute Gasteiger partial charge is 0.228 e. The Hall–Kier alpha value is -0.300. The summed E-state index contributed by atoms with van der Waals surface area (Å²) in [6.45, 7) is 2.01. The average molecular weight is 159 g/mol. The molecule has 56 valence electrons. The van der Waals surface area contributed by atoms with Gasteiger partial charge in [-0.15, -0.1) is 0 Å². The van der Waals surface area contributed by atoms with Crippen LogP contribution in [0.1, 0.15) is 26.2 Å². The average Bonchev–Trinajstić information content (AvgIpc) is 2.35. The Morgan fingerprint density at radius 3 is 2.30 bits per heavy atom. The van der Waals surface area contributed by atoms with Crippen molar-refractivity contribution in [3.05, 3.63) is 12.2 Å². The lowest BCUT2D eigenvalue weighted by atomic mass is 9.84. The number of hydrogen-bond acceptors (Lipinski definition) is 1. The molecule has 0 aromatic carbocycles. The van der Waals surface area contributed by atoms with E-state index in [9.17, 15) is 4.79 Å². The zero-order valence-corrected chi connectivity index (χ0v) is 6.82. The molecule has 1 nitrogen and oxygen atoms in total. The molecular formula is C8H11ClO. The maximum Gasteiger partial charge on any atom is 0.228 e. The van der Waals surface area contributed by atoms with Crippen LogP contribution in [0.5, 0.6) is 0 Å². The SMILES string of the molecule is CCC1(C(=O)Cl)CC=CC1. The second-order valence-corrected chi connectivity index (χ2v) is 3.13. The monoisotopic (exact) mass is 158 g/mol. The second-order valence-electron chi connectivity index (χ2n) is 2.79. The van der Waals surface area contributed by atoms with Crippen LogP contribution < -0.4 is 0 Å². The Morgan fingerprint density at radius 2 is 2.10 bits per heavy atom. The lowest BCUT2D eigenvalue weighted by molar-refractivity contribution is -0.120. The first-order chi connectivity index (χ1) is 4.71. The fourth-order valence-corrected chi connectivity index (χ4v) is 1.58. The maximum atomic E-state index is 10.9. The molecule has 1 aliphatic carbocycles. The van der Waals surface area contributed by atoms with Crippen LogP contribution in [0.2, 0.25) is 0 Å². The molecule has 0 amide bonds. The maximum absolute atomic E-state index is 10.9. The van der Waals surface area contributed by atoms with E-state index in [1.165, 1.54) is 0 Å². The summed E-state index contributed by atoms with van der Waals surface area (Å²) in [4.78, 5) is 10.9. The standard InChI is InChI=1S/C8H11ClO/c1-2-8(7(9)10)5-3-4-6-8/h3-4H,2,5-6H2,1H3. The Kier molecular flexibility index (Phi) is 2.14. The summed E-state index contributed by atoms with van der Waals surface area (Å²) in [5.74, 6) is 0. The highest BCUT2D eigenvalue weighted by Gasteiger charge is 2.35. The van der Waals surface area contributed by atoms with E-state index in [0.717, 1.165) is 19.3 Å². The van der Waals surface area contributed by atoms with Crippen molar-refractivity contribution >= 4 is 16.8 Å². The van der Waals surface area contributed by atoms with Gasteiger partial charge in [-0.2, -0.15) is 0 Å². The summed E-state index contributed by atoms with van der Waals surface area (Å²) in [6, 6.07) is 0. The number of rotatable bonds is 2. The molecule has 0 unspecified atom stereocenters. The fourth-order valence-electron chi connectivity index (χ4n) is 1.29. The van der Waals surface area contributed by atoms with Crippen molar-refractivity contribution in [2.75, 3.05) is 0 Å². The lowest BCUT2D eigenvalue weighted by Gasteiger charge is -2.21. The van der Waals surface area contributed by atoms with Gasteiger partial charge in [-0.3, -0.25) is 4.79 Å². The van der Waals surface area contributed by atoms with Crippen LogP contribution in [0.25, 0.3) is 0 Å². The molecule has 0 saturated carbocycles. The largest absolute Gasteiger partial charge is 0.281 e. The van der Waals surface area contributed by atoms with Gasteiger partial charge in [0.1, 0.15) is 0 Å². The van der Waals surface area contributed by atoms with Crippen molar-refractivity contribution in [2.24, 2.45) is 5.41 Å². The minimum Gasteiger partial charge on any atom is -0.281 e. The van der Waals surface area contributed by atoms with Crippen molar-refractivity contribution in [1.82, 2.24) is 0 Å². The summed E-state index contributed by atoms with van der Waals surface area (Å²) in [6.07, 6.45) is 6.56. The Labute approximate surface area is 66.1 Å². The molecule has 0 saturated heterocycles. The topological polar surface area (TPSA) is 17.1 Å². The van der Waals surface area contributed by atoms with Crippen molar-refractivity contribution in [1.29, 1.82) is 0 Å². The van der Waals surface area contributed by atoms with Crippen molar-refractivity contribution in [3.63, 3.8) is 0 Å². The molecule has 0 aromatic rings. The number of hydrogen-bond donors (Lipinski definition) is 0. The summed E-state index contributed by atoms with van der Waals surface area (Å²) in [5, 5.41) is -0.181. The van der Waals surface area contributed by atoms with Gasteiger partial charge in [0.05, 0.1) is 5.41 Å². The van der Waals surface area contributed by atoms with Gasteiger partial charge in [-0.25, -0.2) is 0 Å². The fraction of sp³-hybridized carbons (Fsp3) is 0.625. The van der Waals surface area contributed by atoms with E-state index < -0.39 is 0 Å². The summed E-state index contributed by atoms with van der Waals surface area (Å²) < 4.78 is 0. The van der Waals surface area contributed by atoms with Crippen LogP contribution in [0, 0.1) is 5.41 Å². The van der Waals surface area contributed by atoms with Crippen LogP contribution in [-0.4, -0.2) is 5.24 Å². The third kappa shape index (κ3) is 1.10. The molecule has 0 fully saturated rings. The van der Waals surface area contributed by atoms with Crippen molar-refractivity contribution < 1.29 is 4.79 Å². The van der Waals surface area contributed by atoms with Crippen LogP contribution >= 0.6 is 11.6 Å². The molecule has 0 radical (unpaired) electrons. The Balaban J connectivity index is 2.70. The van der Waals surface area contributed by atoms with E-state index in [0.29, 0.717) is 0 Å². The first kappa shape index (κ1) is 7.80. The first-order valence-electron chi connectivity index (χ1n) is 3.56. The minimum absolute atomic E-state index is 0.181. The van der Waals surface area contributed by atoms with E-state index >= 15 is 0 Å². The molecule has 1 aliphatic rings. The van der Waals surface area contributed by atoms with Gasteiger partial charge in [-0.1, -0.05) is 19.1 Å². The van der Waals surface area contributed by atoms with E-state index in [1.54, 1.807) is 0 Å². The predicted octanol–water partition coefficient (Wildman–Crippen LogP) is 2.50. The highest BCUT2D eigenvalue weighted by Crippen LogP contribution is 2.38. The zero-order valence-electron chi connectivity index (χ0n) is 6.06. The molecule has 0 bridgehead atoms. The number of carbonyl (C=O) groups is 1. The van der Waals surface area contributed by atoms with Crippen molar-refractivity contribution in [3.8, 4) is 0 Å². The third-order valence-electron chi connectivity index (χ3n) is 2.28. The molecule has 0 heterocycles. The first-order valence-corrected chi connectivity index (χ1v) is 3.94. The lowest BCUT2D eigenvalue weighted by Crippen LogP contribution is -2.22. The van der Waals surface area contributed by atoms with Gasteiger partial charge in [0.25, 0.3) is 0 Å². The summed E-state index contributed by atoms with van der Waals surface area (Å²) >= 11 is 5.46. The van der Waals surface area contributed by atoms with Crippen molar-refractivity contribution in [2.45, 2.75) is 26.2 Å². The van der Waals surface area contributed by atoms with Gasteiger partial charge in [-0.05, 0) is 30.9 Å². The number of halogens is 1. The Morgan fingerprint density at radius 1 is 1.60 bits per heavy atom. The van der Waals surface area contributed by atoms with E-state index in [1.807, 2.05) is 19.1 Å². The molecule has 0 atom stereocenters. The second kappa shape index (κ2) is 2.75. The number of carbonyl (C=O) groups excluding carboxylic acids is 1. The molecule has 1 rings (SSSR count). The normalized spacial score (nSPS) is 21.4. The summed E-state index contributed by atoms with van der Waals surface area (Å²) in [7, 11) is 0. The van der Waals surface area contributed by atoms with E-state index in [2.05, 4.69) is 0 Å². The molecular weight excluding hydrogens is 148 g/mol. The molecule has 0 aliphatic heterocycles. The quantitative estimate of drug-likeness (QED) is 0.446. The van der Waals surface area contributed by atoms with Gasteiger partial charge < -0.3 is 0 Å².